The van der Waals surface area contributed by atoms with Gasteiger partial charge in [-0.1, -0.05) is 29.8 Å². The van der Waals surface area contributed by atoms with Crippen molar-refractivity contribution in [3.8, 4) is 0 Å². The number of quaternary nitrogens is 1. The average Bonchev–Trinajstić information content (AvgIpc) is 3.22. The molecule has 1 heterocycles. The molecule has 3 rings (SSSR count). The van der Waals surface area contributed by atoms with Crippen LogP contribution in [0.3, 0.4) is 0 Å². The first kappa shape index (κ1) is 20.8. The van der Waals surface area contributed by atoms with Crippen molar-refractivity contribution in [2.24, 2.45) is 0 Å². The van der Waals surface area contributed by atoms with E-state index >= 15 is 0 Å². The Hall–Kier alpha value is -1.93. The summed E-state index contributed by atoms with van der Waals surface area (Å²) in [6.45, 7) is 3.35. The molecular weight excluding hydrogens is 398 g/mol. The Bertz CT molecular complexity index is 926. The molecule has 0 unspecified atom stereocenters. The second-order valence-corrected chi connectivity index (χ2v) is 9.34. The number of rotatable bonds is 7. The Morgan fingerprint density at radius 2 is 1.86 bits per heavy atom. The highest BCUT2D eigenvalue weighted by Crippen LogP contribution is 2.23. The predicted molar refractivity (Wildman–Crippen MR) is 110 cm³/mol. The zero-order valence-corrected chi connectivity index (χ0v) is 17.3. The molecule has 0 bridgehead atoms. The molecule has 1 aliphatic rings. The first-order valence-corrected chi connectivity index (χ1v) is 11.2. The van der Waals surface area contributed by atoms with Gasteiger partial charge in [-0.05, 0) is 50.1 Å². The molecule has 1 amide bonds. The zero-order chi connectivity index (χ0) is 20.1. The number of hydrogen-bond acceptors (Lipinski definition) is 3. The van der Waals surface area contributed by atoms with Crippen molar-refractivity contribution >= 4 is 33.2 Å². The maximum absolute atomic E-state index is 12.7. The molecule has 0 radical (unpaired) electrons. The highest BCUT2D eigenvalue weighted by atomic mass is 35.5. The molecule has 0 spiro atoms. The quantitative estimate of drug-likeness (QED) is 0.718. The van der Waals surface area contributed by atoms with Gasteiger partial charge in [0.2, 0.25) is 10.0 Å². The fourth-order valence-corrected chi connectivity index (χ4v) is 4.90. The van der Waals surface area contributed by atoms with Crippen molar-refractivity contribution in [2.75, 3.05) is 25.0 Å². The number of hydrogen-bond donors (Lipinski definition) is 2. The standard InChI is InChI=1S/C20H24ClN3O3S/c1-15(16-7-9-17(21)10-8-16)22-14-20(25)23-18-5-4-6-19(13-18)28(26,27)24-11-2-3-12-24/h4-10,13,15,22H,2-3,11-12,14H2,1H3,(H,23,25)/p+1/t15-/m0/s1. The lowest BCUT2D eigenvalue weighted by molar-refractivity contribution is -0.682. The number of benzene rings is 2. The van der Waals surface area contributed by atoms with Gasteiger partial charge < -0.3 is 10.6 Å². The third-order valence-electron chi connectivity index (χ3n) is 4.87. The summed E-state index contributed by atoms with van der Waals surface area (Å²) in [6, 6.07) is 14.1. The maximum atomic E-state index is 12.7. The van der Waals surface area contributed by atoms with E-state index in [1.165, 1.54) is 10.4 Å². The number of nitrogens with two attached hydrogens (primary N) is 1. The molecule has 150 valence electrons. The monoisotopic (exact) mass is 422 g/mol. The molecular formula is C20H25ClN3O3S+. The summed E-state index contributed by atoms with van der Waals surface area (Å²) in [7, 11) is -3.50. The maximum Gasteiger partial charge on any atom is 0.279 e. The van der Waals surface area contributed by atoms with Gasteiger partial charge in [0.05, 0.1) is 4.90 Å². The van der Waals surface area contributed by atoms with Crippen LogP contribution in [-0.2, 0) is 14.8 Å². The van der Waals surface area contributed by atoms with E-state index in [1.54, 1.807) is 18.2 Å². The highest BCUT2D eigenvalue weighted by Gasteiger charge is 2.27. The summed E-state index contributed by atoms with van der Waals surface area (Å²) >= 11 is 5.90. The lowest BCUT2D eigenvalue weighted by atomic mass is 10.1. The largest absolute Gasteiger partial charge is 0.333 e. The predicted octanol–water partition coefficient (Wildman–Crippen LogP) is 2.39. The van der Waals surface area contributed by atoms with Crippen molar-refractivity contribution in [2.45, 2.75) is 30.7 Å². The first-order chi connectivity index (χ1) is 13.4. The van der Waals surface area contributed by atoms with Gasteiger partial charge >= 0.3 is 0 Å². The average molecular weight is 423 g/mol. The number of nitrogens with one attached hydrogen (secondary N) is 1. The van der Waals surface area contributed by atoms with Crippen LogP contribution < -0.4 is 10.6 Å². The van der Waals surface area contributed by atoms with Crippen LogP contribution in [0.4, 0.5) is 5.69 Å². The Balaban J connectivity index is 1.59. The van der Waals surface area contributed by atoms with E-state index in [0.29, 0.717) is 23.8 Å². The van der Waals surface area contributed by atoms with Crippen LogP contribution in [-0.4, -0.2) is 38.3 Å². The van der Waals surface area contributed by atoms with Gasteiger partial charge in [0.15, 0.2) is 6.54 Å². The molecule has 1 saturated heterocycles. The van der Waals surface area contributed by atoms with Crippen molar-refractivity contribution < 1.29 is 18.5 Å². The van der Waals surface area contributed by atoms with Gasteiger partial charge in [-0.3, -0.25) is 4.79 Å². The topological polar surface area (TPSA) is 83.1 Å². The van der Waals surface area contributed by atoms with Crippen molar-refractivity contribution in [1.82, 2.24) is 4.31 Å². The second-order valence-electron chi connectivity index (χ2n) is 6.97. The Morgan fingerprint density at radius 1 is 1.18 bits per heavy atom. The second kappa shape index (κ2) is 9.05. The Morgan fingerprint density at radius 3 is 2.54 bits per heavy atom. The van der Waals surface area contributed by atoms with Crippen LogP contribution in [0, 0.1) is 0 Å². The summed E-state index contributed by atoms with van der Waals surface area (Å²) in [6.07, 6.45) is 1.77. The minimum Gasteiger partial charge on any atom is -0.333 e. The SMILES string of the molecule is C[C@H]([NH2+]CC(=O)Nc1cccc(S(=O)(=O)N2CCCC2)c1)c1ccc(Cl)cc1. The van der Waals surface area contributed by atoms with E-state index in [2.05, 4.69) is 5.32 Å². The van der Waals surface area contributed by atoms with Crippen molar-refractivity contribution in [1.29, 1.82) is 0 Å². The molecule has 28 heavy (non-hydrogen) atoms. The lowest BCUT2D eigenvalue weighted by Gasteiger charge is -2.16. The zero-order valence-electron chi connectivity index (χ0n) is 15.8. The molecule has 1 aliphatic heterocycles. The summed E-state index contributed by atoms with van der Waals surface area (Å²) in [5.74, 6) is -0.184. The van der Waals surface area contributed by atoms with Gasteiger partial charge in [-0.15, -0.1) is 0 Å². The van der Waals surface area contributed by atoms with Crippen LogP contribution in [0.1, 0.15) is 31.4 Å². The molecule has 1 atom stereocenters. The smallest absolute Gasteiger partial charge is 0.279 e. The number of carbonyl (C=O) groups is 1. The minimum atomic E-state index is -3.50. The van der Waals surface area contributed by atoms with E-state index in [1.807, 2.05) is 36.5 Å². The van der Waals surface area contributed by atoms with E-state index in [9.17, 15) is 13.2 Å². The number of nitrogens with zero attached hydrogens (tertiary/aromatic N) is 1. The number of anilines is 1. The van der Waals surface area contributed by atoms with Crippen LogP contribution >= 0.6 is 11.6 Å². The van der Waals surface area contributed by atoms with Crippen LogP contribution in [0.2, 0.25) is 5.02 Å². The highest BCUT2D eigenvalue weighted by molar-refractivity contribution is 7.89. The number of sulfonamides is 1. The van der Waals surface area contributed by atoms with Gasteiger partial charge in [0.25, 0.3) is 5.91 Å². The van der Waals surface area contributed by atoms with Crippen molar-refractivity contribution in [3.63, 3.8) is 0 Å². The van der Waals surface area contributed by atoms with Crippen LogP contribution in [0.5, 0.6) is 0 Å². The van der Waals surface area contributed by atoms with Crippen LogP contribution in [0.15, 0.2) is 53.4 Å². The normalized spacial score (nSPS) is 16.1. The fourth-order valence-electron chi connectivity index (χ4n) is 3.21. The molecule has 0 saturated carbocycles. The summed E-state index contributed by atoms with van der Waals surface area (Å²) in [5, 5.41) is 5.38. The summed E-state index contributed by atoms with van der Waals surface area (Å²) < 4.78 is 26.8. The molecule has 2 aromatic rings. The molecule has 8 heteroatoms. The lowest BCUT2D eigenvalue weighted by Crippen LogP contribution is -2.86. The van der Waals surface area contributed by atoms with Gasteiger partial charge in [-0.2, -0.15) is 4.31 Å². The molecule has 1 fully saturated rings. The molecule has 2 aromatic carbocycles. The minimum absolute atomic E-state index is 0.102. The van der Waals surface area contributed by atoms with Gasteiger partial charge in [-0.25, -0.2) is 8.42 Å². The molecule has 6 nitrogen and oxygen atoms in total. The van der Waals surface area contributed by atoms with E-state index in [-0.39, 0.29) is 23.4 Å². The fraction of sp³-hybridized carbons (Fsp3) is 0.350. The number of halogens is 1. The third-order valence-corrected chi connectivity index (χ3v) is 7.02. The van der Waals surface area contributed by atoms with Crippen LogP contribution in [0.25, 0.3) is 0 Å². The molecule has 0 aliphatic carbocycles. The van der Waals surface area contributed by atoms with E-state index in [0.717, 1.165) is 18.4 Å². The summed E-state index contributed by atoms with van der Waals surface area (Å²) in [4.78, 5) is 12.5. The van der Waals surface area contributed by atoms with E-state index in [4.69, 9.17) is 11.6 Å². The van der Waals surface area contributed by atoms with Gasteiger partial charge in [0.1, 0.15) is 6.04 Å². The van der Waals surface area contributed by atoms with Gasteiger partial charge in [0, 0.05) is 29.4 Å². The third kappa shape index (κ3) is 5.11. The van der Waals surface area contributed by atoms with E-state index < -0.39 is 10.0 Å². The first-order valence-electron chi connectivity index (χ1n) is 9.35. The Labute approximate surface area is 170 Å². The molecule has 0 aromatic heterocycles. The number of carbonyl (C=O) groups excluding carboxylic acids is 1. The molecule has 3 N–H and O–H groups in total. The Kier molecular flexibility index (Phi) is 6.72. The number of amides is 1. The summed E-state index contributed by atoms with van der Waals surface area (Å²) in [5.41, 5.74) is 1.56. The van der Waals surface area contributed by atoms with Crippen molar-refractivity contribution in [3.05, 3.63) is 59.1 Å².